The first kappa shape index (κ1) is 10.6. The second-order valence-corrected chi connectivity index (χ2v) is 2.40. The van der Waals surface area contributed by atoms with Gasteiger partial charge in [-0.3, -0.25) is 4.99 Å². The van der Waals surface area contributed by atoms with Gasteiger partial charge in [-0.2, -0.15) is 0 Å². The largest absolute Gasteiger partial charge is 0.430 e. The molecule has 0 rings (SSSR count). The molecule has 0 radical (unpaired) electrons. The molecule has 3 heteroatoms. The average molecular weight is 167 g/mol. The summed E-state index contributed by atoms with van der Waals surface area (Å²) in [5.74, 6) is -0.478. The van der Waals surface area contributed by atoms with Gasteiger partial charge in [0.1, 0.15) is 5.71 Å². The van der Waals surface area contributed by atoms with Crippen molar-refractivity contribution in [3.8, 4) is 0 Å². The van der Waals surface area contributed by atoms with Crippen LogP contribution >= 0.6 is 0 Å². The maximum atomic E-state index is 11.0. The molecule has 0 spiro atoms. The van der Waals surface area contributed by atoms with Crippen LogP contribution in [0.5, 0.6) is 0 Å². The fourth-order valence-electron chi connectivity index (χ4n) is 0.624. The van der Waals surface area contributed by atoms with Crippen LogP contribution in [0, 0.1) is 0 Å². The van der Waals surface area contributed by atoms with Gasteiger partial charge in [0.05, 0.1) is 6.26 Å². The van der Waals surface area contributed by atoms with Crippen molar-refractivity contribution < 1.29 is 9.53 Å². The Balaban J connectivity index is 4.48. The van der Waals surface area contributed by atoms with Gasteiger partial charge in [-0.25, -0.2) is 4.79 Å². The number of nitrogens with zero attached hydrogens (tertiary/aromatic N) is 1. The van der Waals surface area contributed by atoms with E-state index in [4.69, 9.17) is 0 Å². The molecule has 0 bridgehead atoms. The number of carbonyl (C=O) groups excluding carboxylic acids is 1. The summed E-state index contributed by atoms with van der Waals surface area (Å²) in [6.45, 7) is 7.04. The first-order valence-corrected chi connectivity index (χ1v) is 3.55. The summed E-state index contributed by atoms with van der Waals surface area (Å²) in [5, 5.41) is 0. The average Bonchev–Trinajstić information content (AvgIpc) is 2.00. The Morgan fingerprint density at radius 3 is 2.42 bits per heavy atom. The van der Waals surface area contributed by atoms with Crippen LogP contribution in [-0.2, 0) is 9.53 Å². The van der Waals surface area contributed by atoms with E-state index in [2.05, 4.69) is 16.3 Å². The molecule has 0 aliphatic rings. The van der Waals surface area contributed by atoms with Crippen LogP contribution in [0.3, 0.4) is 0 Å². The van der Waals surface area contributed by atoms with Gasteiger partial charge in [0.15, 0.2) is 0 Å². The Kier molecular flexibility index (Phi) is 4.69. The second kappa shape index (κ2) is 5.29. The van der Waals surface area contributed by atoms with E-state index < -0.39 is 5.97 Å². The molecule has 0 saturated carbocycles. The minimum atomic E-state index is -0.478. The number of aliphatic imine (C=N–C) groups is 1. The molecule has 0 heterocycles. The Labute approximate surface area is 72.4 Å². The van der Waals surface area contributed by atoms with Crippen molar-refractivity contribution in [2.24, 2.45) is 4.99 Å². The molecule has 66 valence electrons. The molecule has 0 aliphatic heterocycles. The second-order valence-electron chi connectivity index (χ2n) is 2.40. The maximum Gasteiger partial charge on any atom is 0.361 e. The molecule has 3 nitrogen and oxygen atoms in total. The first-order chi connectivity index (χ1) is 5.61. The van der Waals surface area contributed by atoms with Crippen molar-refractivity contribution in [2.75, 3.05) is 7.05 Å². The maximum absolute atomic E-state index is 11.0. The highest BCUT2D eigenvalue weighted by Crippen LogP contribution is 1.94. The fourth-order valence-corrected chi connectivity index (χ4v) is 0.624. The molecule has 0 fully saturated rings. The Hall–Kier alpha value is -1.38. The monoisotopic (exact) mass is 167 g/mol. The fraction of sp³-hybridized carbons (Fsp3) is 0.333. The van der Waals surface area contributed by atoms with E-state index in [1.165, 1.54) is 0 Å². The number of esters is 1. The number of hydrogen-bond donors (Lipinski definition) is 0. The number of rotatable bonds is 3. The highest BCUT2D eigenvalue weighted by Gasteiger charge is 2.06. The Morgan fingerprint density at radius 2 is 2.08 bits per heavy atom. The molecule has 0 N–H and O–H groups in total. The third-order valence-corrected chi connectivity index (χ3v) is 1.07. The lowest BCUT2D eigenvalue weighted by molar-refractivity contribution is -0.130. The topological polar surface area (TPSA) is 38.7 Å². The molecule has 12 heavy (non-hydrogen) atoms. The molecular formula is C9H13NO2. The van der Waals surface area contributed by atoms with Crippen molar-refractivity contribution in [3.63, 3.8) is 0 Å². The quantitative estimate of drug-likeness (QED) is 0.364. The van der Waals surface area contributed by atoms with E-state index in [9.17, 15) is 4.79 Å². The van der Waals surface area contributed by atoms with E-state index in [1.54, 1.807) is 13.1 Å². The van der Waals surface area contributed by atoms with Gasteiger partial charge in [0.25, 0.3) is 0 Å². The SMILES string of the molecule is C=COC(=O)C(C=C(C)C)=NC. The predicted molar refractivity (Wildman–Crippen MR) is 49.1 cm³/mol. The summed E-state index contributed by atoms with van der Waals surface area (Å²) >= 11 is 0. The lowest BCUT2D eigenvalue weighted by Crippen LogP contribution is -2.12. The minimum absolute atomic E-state index is 0.301. The highest BCUT2D eigenvalue weighted by molar-refractivity contribution is 6.41. The van der Waals surface area contributed by atoms with Gasteiger partial charge in [-0.15, -0.1) is 0 Å². The molecule has 0 aromatic rings. The van der Waals surface area contributed by atoms with Gasteiger partial charge in [0, 0.05) is 7.05 Å². The van der Waals surface area contributed by atoms with E-state index in [1.807, 2.05) is 13.8 Å². The molecule has 0 aliphatic carbocycles. The van der Waals surface area contributed by atoms with Gasteiger partial charge in [-0.1, -0.05) is 12.2 Å². The van der Waals surface area contributed by atoms with Crippen LogP contribution in [0.15, 0.2) is 29.5 Å². The van der Waals surface area contributed by atoms with Crippen LogP contribution in [-0.4, -0.2) is 18.7 Å². The van der Waals surface area contributed by atoms with E-state index in [-0.39, 0.29) is 0 Å². The summed E-state index contributed by atoms with van der Waals surface area (Å²) in [6.07, 6.45) is 2.75. The van der Waals surface area contributed by atoms with Crippen molar-refractivity contribution >= 4 is 11.7 Å². The number of allylic oxidation sites excluding steroid dienone is 1. The van der Waals surface area contributed by atoms with Crippen LogP contribution in [0.4, 0.5) is 0 Å². The zero-order valence-electron chi connectivity index (χ0n) is 7.63. The molecular weight excluding hydrogens is 154 g/mol. The highest BCUT2D eigenvalue weighted by atomic mass is 16.5. The Bertz CT molecular complexity index is 235. The Morgan fingerprint density at radius 1 is 1.50 bits per heavy atom. The van der Waals surface area contributed by atoms with Crippen molar-refractivity contribution in [3.05, 3.63) is 24.5 Å². The normalized spacial score (nSPS) is 10.4. The standard InChI is InChI=1S/C9H13NO2/c1-5-12-9(11)8(10-4)6-7(2)3/h5-6H,1H2,2-4H3. The minimum Gasteiger partial charge on any atom is -0.430 e. The summed E-state index contributed by atoms with van der Waals surface area (Å²) in [6, 6.07) is 0. The van der Waals surface area contributed by atoms with Crippen molar-refractivity contribution in [1.82, 2.24) is 0 Å². The molecule has 0 unspecified atom stereocenters. The van der Waals surface area contributed by atoms with E-state index >= 15 is 0 Å². The van der Waals surface area contributed by atoms with Crippen molar-refractivity contribution in [1.29, 1.82) is 0 Å². The summed E-state index contributed by atoms with van der Waals surface area (Å²) in [5.41, 5.74) is 1.30. The first-order valence-electron chi connectivity index (χ1n) is 3.55. The smallest absolute Gasteiger partial charge is 0.361 e. The molecule has 0 aromatic carbocycles. The van der Waals surface area contributed by atoms with Crippen LogP contribution in [0.25, 0.3) is 0 Å². The summed E-state index contributed by atoms with van der Waals surface area (Å²) < 4.78 is 4.55. The third kappa shape index (κ3) is 3.71. The zero-order chi connectivity index (χ0) is 9.56. The number of ether oxygens (including phenoxy) is 1. The number of carbonyl (C=O) groups is 1. The van der Waals surface area contributed by atoms with Gasteiger partial charge in [-0.05, 0) is 19.9 Å². The van der Waals surface area contributed by atoms with Crippen LogP contribution in [0.2, 0.25) is 0 Å². The van der Waals surface area contributed by atoms with Crippen LogP contribution < -0.4 is 0 Å². The lowest BCUT2D eigenvalue weighted by Gasteiger charge is -1.97. The summed E-state index contributed by atoms with van der Waals surface area (Å²) in [7, 11) is 1.54. The van der Waals surface area contributed by atoms with Crippen molar-refractivity contribution in [2.45, 2.75) is 13.8 Å². The van der Waals surface area contributed by atoms with E-state index in [0.717, 1.165) is 11.8 Å². The van der Waals surface area contributed by atoms with Gasteiger partial charge in [0.2, 0.25) is 0 Å². The third-order valence-electron chi connectivity index (χ3n) is 1.07. The molecule has 0 aromatic heterocycles. The van der Waals surface area contributed by atoms with Gasteiger partial charge < -0.3 is 4.74 Å². The summed E-state index contributed by atoms with van der Waals surface area (Å²) in [4.78, 5) is 14.8. The lowest BCUT2D eigenvalue weighted by atomic mass is 10.2. The molecule has 0 atom stereocenters. The molecule has 0 saturated heterocycles. The van der Waals surface area contributed by atoms with E-state index in [0.29, 0.717) is 5.71 Å². The van der Waals surface area contributed by atoms with Gasteiger partial charge >= 0.3 is 5.97 Å². The van der Waals surface area contributed by atoms with Crippen LogP contribution in [0.1, 0.15) is 13.8 Å². The number of hydrogen-bond acceptors (Lipinski definition) is 3. The molecule has 0 amide bonds. The zero-order valence-corrected chi connectivity index (χ0v) is 7.63. The predicted octanol–water partition coefficient (Wildman–Crippen LogP) is 1.71.